The van der Waals surface area contributed by atoms with Crippen molar-refractivity contribution in [2.75, 3.05) is 16.8 Å². The Morgan fingerprint density at radius 3 is 1.97 bits per heavy atom. The van der Waals surface area contributed by atoms with Gasteiger partial charge in [0.25, 0.3) is 17.3 Å². The number of likely N-dealkylation sites (N-methyl/N-ethyl adjacent to an activating group) is 1. The summed E-state index contributed by atoms with van der Waals surface area (Å²) in [6, 6.07) is 5.88. The lowest BCUT2D eigenvalue weighted by Crippen LogP contribution is -2.34. The van der Waals surface area contributed by atoms with Crippen LogP contribution in [0, 0.1) is 20.2 Å². The van der Waals surface area contributed by atoms with Crippen molar-refractivity contribution in [2.24, 2.45) is 0 Å². The lowest BCUT2D eigenvalue weighted by molar-refractivity contribution is -0.385. The predicted molar refractivity (Wildman–Crippen MR) is 101 cm³/mol. The number of alkyl halides is 4. The fourth-order valence-corrected chi connectivity index (χ4v) is 3.17. The SMILES string of the molecule is CCN1C(=O)C(F)(F)c2cc([N+](=O)[O-])ccc21.O=C1Nc2ccc([N+](=O)[O-])cc2C1(F)F. The van der Waals surface area contributed by atoms with Gasteiger partial charge >= 0.3 is 17.8 Å². The molecule has 0 saturated carbocycles. The molecule has 0 bridgehead atoms. The van der Waals surface area contributed by atoms with Crippen molar-refractivity contribution in [3.05, 3.63) is 67.8 Å². The third-order valence-corrected chi connectivity index (χ3v) is 4.74. The molecular weight excluding hydrogens is 444 g/mol. The van der Waals surface area contributed by atoms with Gasteiger partial charge in [0.1, 0.15) is 0 Å². The zero-order chi connectivity index (χ0) is 24.0. The molecule has 0 saturated heterocycles. The molecule has 4 rings (SSSR count). The Labute approximate surface area is 175 Å². The van der Waals surface area contributed by atoms with E-state index in [0.717, 1.165) is 29.2 Å². The van der Waals surface area contributed by atoms with E-state index in [2.05, 4.69) is 0 Å². The van der Waals surface area contributed by atoms with Gasteiger partial charge in [-0.1, -0.05) is 0 Å². The number of fused-ring (bicyclic) bond motifs is 2. The first kappa shape index (κ1) is 22.6. The topological polar surface area (TPSA) is 136 Å². The van der Waals surface area contributed by atoms with E-state index < -0.39 is 56.0 Å². The molecule has 10 nitrogen and oxygen atoms in total. The average Bonchev–Trinajstić information content (AvgIpc) is 3.07. The van der Waals surface area contributed by atoms with Crippen LogP contribution in [-0.4, -0.2) is 28.2 Å². The molecule has 0 fully saturated rings. The highest BCUT2D eigenvalue weighted by Crippen LogP contribution is 2.45. The first-order chi connectivity index (χ1) is 14.8. The van der Waals surface area contributed by atoms with Gasteiger partial charge in [-0.2, -0.15) is 17.6 Å². The van der Waals surface area contributed by atoms with Crippen molar-refractivity contribution in [1.82, 2.24) is 0 Å². The summed E-state index contributed by atoms with van der Waals surface area (Å²) in [6.07, 6.45) is 0. The number of amides is 2. The van der Waals surface area contributed by atoms with Crippen LogP contribution in [0.4, 0.5) is 40.3 Å². The van der Waals surface area contributed by atoms with Crippen LogP contribution in [0.1, 0.15) is 18.1 Å². The molecule has 0 aromatic heterocycles. The molecule has 2 aliphatic heterocycles. The highest BCUT2D eigenvalue weighted by Gasteiger charge is 2.53. The van der Waals surface area contributed by atoms with Crippen molar-refractivity contribution in [3.8, 4) is 0 Å². The molecule has 2 aliphatic rings. The van der Waals surface area contributed by atoms with Gasteiger partial charge in [-0.25, -0.2) is 0 Å². The molecule has 0 radical (unpaired) electrons. The monoisotopic (exact) mass is 456 g/mol. The van der Waals surface area contributed by atoms with E-state index in [1.54, 1.807) is 6.92 Å². The van der Waals surface area contributed by atoms with E-state index in [-0.39, 0.29) is 17.9 Å². The van der Waals surface area contributed by atoms with Crippen molar-refractivity contribution < 1.29 is 37.0 Å². The Morgan fingerprint density at radius 2 is 1.44 bits per heavy atom. The number of nitrogens with one attached hydrogen (secondary N) is 1. The second kappa shape index (κ2) is 7.55. The van der Waals surface area contributed by atoms with Crippen LogP contribution < -0.4 is 10.2 Å². The maximum Gasteiger partial charge on any atom is 0.352 e. The number of rotatable bonds is 3. The van der Waals surface area contributed by atoms with Gasteiger partial charge < -0.3 is 10.2 Å². The van der Waals surface area contributed by atoms with E-state index >= 15 is 0 Å². The summed E-state index contributed by atoms with van der Waals surface area (Å²) in [4.78, 5) is 42.4. The molecule has 0 atom stereocenters. The first-order valence-electron chi connectivity index (χ1n) is 8.79. The lowest BCUT2D eigenvalue weighted by Gasteiger charge is -2.13. The quantitative estimate of drug-likeness (QED) is 0.425. The zero-order valence-corrected chi connectivity index (χ0v) is 16.0. The highest BCUT2D eigenvalue weighted by molar-refractivity contribution is 6.06. The molecule has 1 N–H and O–H groups in total. The molecule has 2 heterocycles. The van der Waals surface area contributed by atoms with Crippen LogP contribution in [0.5, 0.6) is 0 Å². The van der Waals surface area contributed by atoms with Crippen LogP contribution >= 0.6 is 0 Å². The number of halogens is 4. The number of hydrogen-bond donors (Lipinski definition) is 1. The van der Waals surface area contributed by atoms with Crippen LogP contribution in [0.15, 0.2) is 36.4 Å². The minimum absolute atomic E-state index is 0.0353. The molecular formula is C18H12F4N4O6. The number of nitro benzene ring substituents is 2. The first-order valence-corrected chi connectivity index (χ1v) is 8.79. The van der Waals surface area contributed by atoms with Crippen LogP contribution in [-0.2, 0) is 21.4 Å². The third kappa shape index (κ3) is 3.48. The minimum atomic E-state index is -3.69. The fourth-order valence-electron chi connectivity index (χ4n) is 3.17. The maximum atomic E-state index is 13.6. The van der Waals surface area contributed by atoms with E-state index in [1.807, 2.05) is 5.32 Å². The van der Waals surface area contributed by atoms with Crippen molar-refractivity contribution in [1.29, 1.82) is 0 Å². The van der Waals surface area contributed by atoms with E-state index in [9.17, 15) is 47.4 Å². The van der Waals surface area contributed by atoms with E-state index in [4.69, 9.17) is 0 Å². The number of carbonyl (C=O) groups is 2. The van der Waals surface area contributed by atoms with Gasteiger partial charge in [0, 0.05) is 30.8 Å². The standard InChI is InChI=1S/C10H8F2N2O3.C8H4F2N2O3/c1-2-13-8-4-3-6(14(16)17)5-7(8)10(11,12)9(13)15;9-8(10)5-3-4(12(14)15)1-2-6(5)11-7(8)13/h3-5H,2H2,1H3;1-3H,(H,11,13). The number of nitro groups is 2. The number of anilines is 2. The summed E-state index contributed by atoms with van der Waals surface area (Å²) in [6.45, 7) is 1.66. The lowest BCUT2D eigenvalue weighted by atomic mass is 10.1. The van der Waals surface area contributed by atoms with E-state index in [0.29, 0.717) is 6.07 Å². The summed E-state index contributed by atoms with van der Waals surface area (Å²) in [5.41, 5.74) is -2.22. The molecule has 168 valence electrons. The third-order valence-electron chi connectivity index (χ3n) is 4.74. The van der Waals surface area contributed by atoms with E-state index in [1.165, 1.54) is 6.07 Å². The van der Waals surface area contributed by atoms with Gasteiger partial charge in [0.2, 0.25) is 0 Å². The predicted octanol–water partition coefficient (Wildman–Crippen LogP) is 3.69. The summed E-state index contributed by atoms with van der Waals surface area (Å²) < 4.78 is 53.5. The van der Waals surface area contributed by atoms with Crippen molar-refractivity contribution >= 4 is 34.6 Å². The minimum Gasteiger partial charge on any atom is -0.320 e. The maximum absolute atomic E-state index is 13.6. The Morgan fingerprint density at radius 1 is 0.906 bits per heavy atom. The largest absolute Gasteiger partial charge is 0.352 e. The molecule has 2 aromatic rings. The molecule has 0 spiro atoms. The van der Waals surface area contributed by atoms with Gasteiger partial charge in [-0.3, -0.25) is 29.8 Å². The van der Waals surface area contributed by atoms with Gasteiger partial charge in [-0.15, -0.1) is 0 Å². The average molecular weight is 456 g/mol. The Hall–Kier alpha value is -4.10. The Balaban J connectivity index is 0.000000182. The van der Waals surface area contributed by atoms with Crippen LogP contribution in [0.3, 0.4) is 0 Å². The Bertz CT molecular complexity index is 1170. The number of nitrogens with zero attached hydrogens (tertiary/aromatic N) is 3. The molecule has 0 unspecified atom stereocenters. The van der Waals surface area contributed by atoms with Crippen LogP contribution in [0.25, 0.3) is 0 Å². The van der Waals surface area contributed by atoms with Gasteiger partial charge in [0.05, 0.1) is 32.3 Å². The second-order valence-electron chi connectivity index (χ2n) is 6.60. The summed E-state index contributed by atoms with van der Waals surface area (Å²) >= 11 is 0. The fraction of sp³-hybridized carbons (Fsp3) is 0.222. The summed E-state index contributed by atoms with van der Waals surface area (Å²) in [7, 11) is 0. The summed E-state index contributed by atoms with van der Waals surface area (Å²) in [5, 5.41) is 22.8. The second-order valence-corrected chi connectivity index (χ2v) is 6.60. The molecule has 2 amide bonds. The van der Waals surface area contributed by atoms with Crippen LogP contribution in [0.2, 0.25) is 0 Å². The number of benzene rings is 2. The zero-order valence-electron chi connectivity index (χ0n) is 16.0. The number of non-ortho nitro benzene ring substituents is 2. The molecule has 2 aromatic carbocycles. The molecule has 0 aliphatic carbocycles. The Kier molecular flexibility index (Phi) is 5.33. The van der Waals surface area contributed by atoms with Gasteiger partial charge in [0.15, 0.2) is 0 Å². The number of carbonyl (C=O) groups excluding carboxylic acids is 2. The van der Waals surface area contributed by atoms with Crippen molar-refractivity contribution in [3.63, 3.8) is 0 Å². The highest BCUT2D eigenvalue weighted by atomic mass is 19.3. The normalized spacial score (nSPS) is 17.1. The van der Waals surface area contributed by atoms with Gasteiger partial charge in [-0.05, 0) is 19.1 Å². The smallest absolute Gasteiger partial charge is 0.320 e. The van der Waals surface area contributed by atoms with Crippen molar-refractivity contribution in [2.45, 2.75) is 18.8 Å². The molecule has 14 heteroatoms. The summed E-state index contributed by atoms with van der Waals surface area (Å²) in [5.74, 6) is -10.2. The molecule has 32 heavy (non-hydrogen) atoms. The number of hydrogen-bond acceptors (Lipinski definition) is 6.